The predicted molar refractivity (Wildman–Crippen MR) is 108 cm³/mol. The lowest BCUT2D eigenvalue weighted by molar-refractivity contribution is -0.384. The maximum atomic E-state index is 12.7. The van der Waals surface area contributed by atoms with Gasteiger partial charge in [-0.15, -0.1) is 0 Å². The number of nitro groups is 1. The number of benzene rings is 2. The van der Waals surface area contributed by atoms with Crippen molar-refractivity contribution in [2.24, 2.45) is 7.05 Å². The second-order valence-electron chi connectivity index (χ2n) is 6.51. The summed E-state index contributed by atoms with van der Waals surface area (Å²) in [6.07, 6.45) is 1.37. The molecule has 0 fully saturated rings. The molecule has 2 aromatic carbocycles. The van der Waals surface area contributed by atoms with Crippen LogP contribution in [0.5, 0.6) is 0 Å². The van der Waals surface area contributed by atoms with Crippen molar-refractivity contribution in [1.29, 1.82) is 0 Å². The molecule has 0 aliphatic rings. The summed E-state index contributed by atoms with van der Waals surface area (Å²) in [5, 5.41) is 18.3. The van der Waals surface area contributed by atoms with Gasteiger partial charge in [-0.25, -0.2) is 13.4 Å². The smallest absolute Gasteiger partial charge is 0.293 e. The van der Waals surface area contributed by atoms with Gasteiger partial charge in [0.2, 0.25) is 0 Å². The molecule has 0 amide bonds. The van der Waals surface area contributed by atoms with E-state index in [-0.39, 0.29) is 22.8 Å². The van der Waals surface area contributed by atoms with Gasteiger partial charge in [0, 0.05) is 13.1 Å². The van der Waals surface area contributed by atoms with E-state index >= 15 is 0 Å². The fraction of sp³-hybridized carbons (Fsp3) is 0.222. The Hall–Kier alpha value is -3.47. The second-order valence-corrected chi connectivity index (χ2v) is 8.20. The van der Waals surface area contributed by atoms with Gasteiger partial charge in [0.1, 0.15) is 17.8 Å². The average Bonchev–Trinajstić information content (AvgIpc) is 3.07. The Morgan fingerprint density at radius 3 is 2.48 bits per heavy atom. The van der Waals surface area contributed by atoms with E-state index in [9.17, 15) is 18.5 Å². The molecule has 0 saturated heterocycles. The number of nitrogens with one attached hydrogen (secondary N) is 2. The Bertz CT molecular complexity index is 1170. The fourth-order valence-corrected chi connectivity index (χ4v) is 3.92. The number of rotatable bonds is 7. The van der Waals surface area contributed by atoms with Gasteiger partial charge in [-0.1, -0.05) is 17.7 Å². The van der Waals surface area contributed by atoms with Gasteiger partial charge < -0.3 is 5.32 Å². The van der Waals surface area contributed by atoms with Crippen molar-refractivity contribution in [1.82, 2.24) is 14.8 Å². The van der Waals surface area contributed by atoms with Crippen molar-refractivity contribution in [3.63, 3.8) is 0 Å². The minimum absolute atomic E-state index is 0.184. The number of nitrogens with zero attached hydrogens (tertiary/aromatic N) is 4. The van der Waals surface area contributed by atoms with Gasteiger partial charge in [-0.05, 0) is 37.6 Å². The average molecular weight is 416 g/mol. The molecule has 3 aromatic rings. The molecular weight excluding hydrogens is 396 g/mol. The highest BCUT2D eigenvalue weighted by atomic mass is 32.2. The van der Waals surface area contributed by atoms with Crippen molar-refractivity contribution >= 4 is 27.1 Å². The van der Waals surface area contributed by atoms with Crippen LogP contribution in [-0.4, -0.2) is 28.1 Å². The van der Waals surface area contributed by atoms with E-state index in [1.54, 1.807) is 26.1 Å². The highest BCUT2D eigenvalue weighted by Gasteiger charge is 2.22. The molecule has 10 nitrogen and oxygen atoms in total. The van der Waals surface area contributed by atoms with Crippen LogP contribution in [0.2, 0.25) is 0 Å². The summed E-state index contributed by atoms with van der Waals surface area (Å²) < 4.78 is 29.5. The Balaban J connectivity index is 1.88. The van der Waals surface area contributed by atoms with Gasteiger partial charge in [0.15, 0.2) is 0 Å². The predicted octanol–water partition coefficient (Wildman–Crippen LogP) is 2.75. The Morgan fingerprint density at radius 2 is 1.86 bits per heavy atom. The molecule has 2 N–H and O–H groups in total. The van der Waals surface area contributed by atoms with Crippen molar-refractivity contribution in [3.05, 3.63) is 69.8 Å². The zero-order valence-electron chi connectivity index (χ0n) is 16.1. The third-order valence-electron chi connectivity index (χ3n) is 4.34. The van der Waals surface area contributed by atoms with E-state index < -0.39 is 14.9 Å². The van der Waals surface area contributed by atoms with Crippen LogP contribution in [0.4, 0.5) is 17.1 Å². The molecule has 29 heavy (non-hydrogen) atoms. The van der Waals surface area contributed by atoms with Crippen LogP contribution < -0.4 is 10.0 Å². The molecule has 0 saturated carbocycles. The first-order valence-electron chi connectivity index (χ1n) is 8.62. The standard InChI is InChI=1S/C18H20N6O4S/c1-12-4-6-15(13(2)8-12)22-29(27,28)14-5-7-16(17(9-14)24(25)26)19-10-18-20-11-21-23(18)3/h4-9,11,19,22H,10H2,1-3H3. The number of hydrogen-bond donors (Lipinski definition) is 2. The van der Waals surface area contributed by atoms with Gasteiger partial charge in [0.25, 0.3) is 15.7 Å². The van der Waals surface area contributed by atoms with Gasteiger partial charge >= 0.3 is 0 Å². The zero-order valence-corrected chi connectivity index (χ0v) is 16.9. The van der Waals surface area contributed by atoms with E-state index in [2.05, 4.69) is 20.1 Å². The second kappa shape index (κ2) is 7.87. The number of aryl methyl sites for hydroxylation is 3. The topological polar surface area (TPSA) is 132 Å². The lowest BCUT2D eigenvalue weighted by Crippen LogP contribution is -2.14. The van der Waals surface area contributed by atoms with Crippen molar-refractivity contribution in [2.75, 3.05) is 10.0 Å². The molecular formula is C18H20N6O4S. The maximum Gasteiger partial charge on any atom is 0.293 e. The van der Waals surface area contributed by atoms with Crippen LogP contribution in [0.25, 0.3) is 0 Å². The Labute approximate surface area is 167 Å². The van der Waals surface area contributed by atoms with Gasteiger partial charge in [-0.2, -0.15) is 5.10 Å². The van der Waals surface area contributed by atoms with E-state index in [0.29, 0.717) is 11.5 Å². The van der Waals surface area contributed by atoms with E-state index in [4.69, 9.17) is 0 Å². The molecule has 0 atom stereocenters. The molecule has 0 radical (unpaired) electrons. The summed E-state index contributed by atoms with van der Waals surface area (Å²) in [7, 11) is -2.29. The van der Waals surface area contributed by atoms with E-state index in [0.717, 1.165) is 17.2 Å². The van der Waals surface area contributed by atoms with Crippen molar-refractivity contribution in [3.8, 4) is 0 Å². The fourth-order valence-electron chi connectivity index (χ4n) is 2.77. The summed E-state index contributed by atoms with van der Waals surface area (Å²) in [4.78, 5) is 14.7. The minimum atomic E-state index is -4.00. The van der Waals surface area contributed by atoms with Crippen LogP contribution in [0.3, 0.4) is 0 Å². The number of anilines is 2. The normalized spacial score (nSPS) is 11.3. The summed E-state index contributed by atoms with van der Waals surface area (Å²) in [6.45, 7) is 3.89. The lowest BCUT2D eigenvalue weighted by atomic mass is 10.1. The van der Waals surface area contributed by atoms with Gasteiger partial charge in [-0.3, -0.25) is 19.5 Å². The summed E-state index contributed by atoms with van der Waals surface area (Å²) in [5.74, 6) is 0.576. The van der Waals surface area contributed by atoms with Crippen LogP contribution in [0, 0.1) is 24.0 Å². The molecule has 152 valence electrons. The lowest BCUT2D eigenvalue weighted by Gasteiger charge is -2.12. The molecule has 0 aliphatic carbocycles. The summed E-state index contributed by atoms with van der Waals surface area (Å²) >= 11 is 0. The maximum absolute atomic E-state index is 12.7. The molecule has 0 bridgehead atoms. The first kappa shape index (κ1) is 20.3. The minimum Gasteiger partial charge on any atom is -0.372 e. The van der Waals surface area contributed by atoms with E-state index in [1.807, 2.05) is 13.0 Å². The van der Waals surface area contributed by atoms with Crippen molar-refractivity contribution < 1.29 is 13.3 Å². The highest BCUT2D eigenvalue weighted by Crippen LogP contribution is 2.29. The van der Waals surface area contributed by atoms with Crippen LogP contribution in [0.15, 0.2) is 47.6 Å². The summed E-state index contributed by atoms with van der Waals surface area (Å²) in [5.41, 5.74) is 2.01. The Morgan fingerprint density at radius 1 is 1.14 bits per heavy atom. The van der Waals surface area contributed by atoms with Crippen molar-refractivity contribution in [2.45, 2.75) is 25.3 Å². The number of aromatic nitrogens is 3. The molecule has 0 unspecified atom stereocenters. The van der Waals surface area contributed by atoms with E-state index in [1.165, 1.54) is 23.1 Å². The quantitative estimate of drug-likeness (QED) is 0.447. The molecule has 1 aromatic heterocycles. The first-order chi connectivity index (χ1) is 13.7. The van der Waals surface area contributed by atoms with Crippen LogP contribution in [0.1, 0.15) is 17.0 Å². The molecule has 1 heterocycles. The number of sulfonamides is 1. The van der Waals surface area contributed by atoms with Crippen LogP contribution in [-0.2, 0) is 23.6 Å². The first-order valence-corrected chi connectivity index (χ1v) is 10.1. The van der Waals surface area contributed by atoms with Crippen LogP contribution >= 0.6 is 0 Å². The SMILES string of the molecule is Cc1ccc(NS(=O)(=O)c2ccc(NCc3ncnn3C)c([N+](=O)[O-])c2)c(C)c1. The zero-order chi connectivity index (χ0) is 21.2. The molecule has 3 rings (SSSR count). The monoisotopic (exact) mass is 416 g/mol. The Kier molecular flexibility index (Phi) is 5.50. The molecule has 0 aliphatic heterocycles. The largest absolute Gasteiger partial charge is 0.372 e. The number of nitro benzene ring substituents is 1. The summed E-state index contributed by atoms with van der Waals surface area (Å²) in [6, 6.07) is 9.01. The molecule has 0 spiro atoms. The van der Waals surface area contributed by atoms with Gasteiger partial charge in [0.05, 0.1) is 22.1 Å². The third kappa shape index (κ3) is 4.51. The molecule has 11 heteroatoms. The number of hydrogen-bond acceptors (Lipinski definition) is 7. The highest BCUT2D eigenvalue weighted by molar-refractivity contribution is 7.92. The third-order valence-corrected chi connectivity index (χ3v) is 5.71.